The lowest BCUT2D eigenvalue weighted by Crippen LogP contribution is -2.54. The van der Waals surface area contributed by atoms with Crippen LogP contribution in [0.15, 0.2) is 42.9 Å². The van der Waals surface area contributed by atoms with Crippen molar-refractivity contribution in [1.82, 2.24) is 19.8 Å². The lowest BCUT2D eigenvalue weighted by Gasteiger charge is -2.43. The molecule has 0 N–H and O–H groups in total. The van der Waals surface area contributed by atoms with E-state index in [-0.39, 0.29) is 5.91 Å². The summed E-state index contributed by atoms with van der Waals surface area (Å²) in [6.45, 7) is 5.67. The van der Waals surface area contributed by atoms with Crippen LogP contribution >= 0.6 is 11.6 Å². The molecule has 4 rings (SSSR count). The summed E-state index contributed by atoms with van der Waals surface area (Å²) in [5, 5.41) is 0.672. The van der Waals surface area contributed by atoms with E-state index < -0.39 is 0 Å². The molecule has 27 heavy (non-hydrogen) atoms. The minimum atomic E-state index is 0.120. The van der Waals surface area contributed by atoms with Crippen molar-refractivity contribution in [3.05, 3.63) is 53.4 Å². The molecule has 0 saturated carbocycles. The van der Waals surface area contributed by atoms with Crippen molar-refractivity contribution in [2.24, 2.45) is 0 Å². The number of rotatable bonds is 3. The highest BCUT2D eigenvalue weighted by molar-refractivity contribution is 6.30. The summed E-state index contributed by atoms with van der Waals surface area (Å²) in [7, 11) is 0. The van der Waals surface area contributed by atoms with Crippen LogP contribution in [-0.4, -0.2) is 71.0 Å². The Hall–Kier alpha value is -2.18. The van der Waals surface area contributed by atoms with Gasteiger partial charge in [-0.25, -0.2) is 4.98 Å². The number of hydrogen-bond acceptors (Lipinski definition) is 5. The fraction of sp³-hybridized carbons (Fsp3) is 0.450. The molecular formula is C20H24ClN5O. The number of hydrogen-bond donors (Lipinski definition) is 0. The fourth-order valence-corrected chi connectivity index (χ4v) is 4.09. The van der Waals surface area contributed by atoms with Gasteiger partial charge in [0.25, 0.3) is 5.91 Å². The molecule has 2 aliphatic rings. The molecule has 0 bridgehead atoms. The second-order valence-corrected chi connectivity index (χ2v) is 7.55. The van der Waals surface area contributed by atoms with Crippen molar-refractivity contribution in [1.29, 1.82) is 0 Å². The van der Waals surface area contributed by atoms with Gasteiger partial charge in [0.2, 0.25) is 0 Å². The highest BCUT2D eigenvalue weighted by Gasteiger charge is 2.29. The third-order valence-electron chi connectivity index (χ3n) is 5.55. The standard InChI is InChI=1S/C20H24ClN5O/c21-17-1-2-19(23-15-17)25-13-11-24(12-14-25)18-5-9-26(10-6-18)20(27)16-3-7-22-8-4-16/h1-4,7-8,15,18H,5-6,9-14H2. The number of nitrogens with zero attached hydrogens (tertiary/aromatic N) is 5. The van der Waals surface area contributed by atoms with E-state index in [1.54, 1.807) is 30.7 Å². The molecule has 0 unspecified atom stereocenters. The third-order valence-corrected chi connectivity index (χ3v) is 5.77. The maximum absolute atomic E-state index is 12.6. The molecule has 0 spiro atoms. The Bertz CT molecular complexity index is 754. The van der Waals surface area contributed by atoms with E-state index in [0.717, 1.165) is 63.5 Å². The van der Waals surface area contributed by atoms with E-state index in [1.165, 1.54) is 0 Å². The average molecular weight is 386 g/mol. The largest absolute Gasteiger partial charge is 0.354 e. The molecule has 2 fully saturated rings. The Morgan fingerprint density at radius 2 is 1.67 bits per heavy atom. The van der Waals surface area contributed by atoms with Crippen LogP contribution in [0.5, 0.6) is 0 Å². The first kappa shape index (κ1) is 18.2. The SMILES string of the molecule is O=C(c1ccncc1)N1CCC(N2CCN(c3ccc(Cl)cn3)CC2)CC1. The first-order chi connectivity index (χ1) is 13.2. The van der Waals surface area contributed by atoms with E-state index >= 15 is 0 Å². The van der Waals surface area contributed by atoms with Gasteiger partial charge in [-0.1, -0.05) is 11.6 Å². The van der Waals surface area contributed by atoms with Gasteiger partial charge < -0.3 is 9.80 Å². The summed E-state index contributed by atoms with van der Waals surface area (Å²) in [4.78, 5) is 27.8. The van der Waals surface area contributed by atoms with Gasteiger partial charge in [0.15, 0.2) is 0 Å². The highest BCUT2D eigenvalue weighted by atomic mass is 35.5. The minimum absolute atomic E-state index is 0.120. The predicted molar refractivity (Wildman–Crippen MR) is 106 cm³/mol. The maximum Gasteiger partial charge on any atom is 0.253 e. The summed E-state index contributed by atoms with van der Waals surface area (Å²) in [5.41, 5.74) is 0.729. The number of carbonyl (C=O) groups is 1. The number of anilines is 1. The molecular weight excluding hydrogens is 362 g/mol. The maximum atomic E-state index is 12.6. The summed E-state index contributed by atoms with van der Waals surface area (Å²) < 4.78 is 0. The zero-order valence-electron chi connectivity index (χ0n) is 15.3. The zero-order valence-corrected chi connectivity index (χ0v) is 16.1. The number of halogens is 1. The van der Waals surface area contributed by atoms with Crippen LogP contribution in [0, 0.1) is 0 Å². The van der Waals surface area contributed by atoms with Gasteiger partial charge in [-0.05, 0) is 37.1 Å². The zero-order chi connectivity index (χ0) is 18.6. The summed E-state index contributed by atoms with van der Waals surface area (Å²) in [5.74, 6) is 1.12. The van der Waals surface area contributed by atoms with Crippen molar-refractivity contribution in [2.45, 2.75) is 18.9 Å². The summed E-state index contributed by atoms with van der Waals surface area (Å²) in [6, 6.07) is 8.02. The number of amides is 1. The molecule has 4 heterocycles. The summed E-state index contributed by atoms with van der Waals surface area (Å²) in [6.07, 6.45) is 7.13. The monoisotopic (exact) mass is 385 g/mol. The van der Waals surface area contributed by atoms with Crippen LogP contribution in [-0.2, 0) is 0 Å². The van der Waals surface area contributed by atoms with Crippen molar-refractivity contribution in [3.8, 4) is 0 Å². The van der Waals surface area contributed by atoms with Crippen molar-refractivity contribution in [3.63, 3.8) is 0 Å². The molecule has 0 radical (unpaired) electrons. The van der Waals surface area contributed by atoms with Crippen molar-refractivity contribution in [2.75, 3.05) is 44.2 Å². The lowest BCUT2D eigenvalue weighted by atomic mass is 10.0. The normalized spacial score (nSPS) is 19.3. The van der Waals surface area contributed by atoms with E-state index in [0.29, 0.717) is 11.1 Å². The lowest BCUT2D eigenvalue weighted by molar-refractivity contribution is 0.0610. The Balaban J connectivity index is 1.27. The topological polar surface area (TPSA) is 52.6 Å². The van der Waals surface area contributed by atoms with Gasteiger partial charge >= 0.3 is 0 Å². The van der Waals surface area contributed by atoms with Gasteiger partial charge in [-0.2, -0.15) is 0 Å². The van der Waals surface area contributed by atoms with Crippen molar-refractivity contribution < 1.29 is 4.79 Å². The van der Waals surface area contributed by atoms with Gasteiger partial charge in [-0.3, -0.25) is 14.7 Å². The molecule has 0 aliphatic carbocycles. The van der Waals surface area contributed by atoms with Gasteiger partial charge in [-0.15, -0.1) is 0 Å². The van der Waals surface area contributed by atoms with E-state index in [2.05, 4.69) is 19.8 Å². The predicted octanol–water partition coefficient (Wildman–Crippen LogP) is 2.56. The second-order valence-electron chi connectivity index (χ2n) is 7.12. The molecule has 2 saturated heterocycles. The first-order valence-electron chi connectivity index (χ1n) is 9.50. The summed E-state index contributed by atoms with van der Waals surface area (Å²) >= 11 is 5.93. The molecule has 0 aromatic carbocycles. The van der Waals surface area contributed by atoms with Gasteiger partial charge in [0.05, 0.1) is 5.02 Å². The molecule has 2 aromatic rings. The molecule has 2 aromatic heterocycles. The first-order valence-corrected chi connectivity index (χ1v) is 9.88. The molecule has 2 aliphatic heterocycles. The van der Waals surface area contributed by atoms with Gasteiger partial charge in [0.1, 0.15) is 5.82 Å². The van der Waals surface area contributed by atoms with E-state index in [9.17, 15) is 4.79 Å². The molecule has 7 heteroatoms. The van der Waals surface area contributed by atoms with Crippen molar-refractivity contribution >= 4 is 23.3 Å². The molecule has 6 nitrogen and oxygen atoms in total. The van der Waals surface area contributed by atoms with Crippen LogP contribution in [0.25, 0.3) is 0 Å². The minimum Gasteiger partial charge on any atom is -0.354 e. The fourth-order valence-electron chi connectivity index (χ4n) is 3.98. The number of carbonyl (C=O) groups excluding carboxylic acids is 1. The smallest absolute Gasteiger partial charge is 0.253 e. The second kappa shape index (κ2) is 8.23. The number of likely N-dealkylation sites (tertiary alicyclic amines) is 1. The third kappa shape index (κ3) is 4.22. The van der Waals surface area contributed by atoms with Gasteiger partial charge in [0, 0.05) is 69.5 Å². The molecule has 142 valence electrons. The number of pyridine rings is 2. The van der Waals surface area contributed by atoms with Crippen LogP contribution in [0.2, 0.25) is 5.02 Å². The Morgan fingerprint density at radius 1 is 0.963 bits per heavy atom. The Labute approximate surface area is 164 Å². The van der Waals surface area contributed by atoms with Crippen LogP contribution in [0.3, 0.4) is 0 Å². The molecule has 1 amide bonds. The molecule has 0 atom stereocenters. The van der Waals surface area contributed by atoms with E-state index in [4.69, 9.17) is 11.6 Å². The number of aromatic nitrogens is 2. The van der Waals surface area contributed by atoms with Crippen LogP contribution in [0.1, 0.15) is 23.2 Å². The Morgan fingerprint density at radius 3 is 2.30 bits per heavy atom. The quantitative estimate of drug-likeness (QED) is 0.812. The average Bonchev–Trinajstić information content (AvgIpc) is 2.75. The Kier molecular flexibility index (Phi) is 5.55. The number of piperidine rings is 1. The van der Waals surface area contributed by atoms with Crippen LogP contribution in [0.4, 0.5) is 5.82 Å². The number of piperazine rings is 1. The van der Waals surface area contributed by atoms with E-state index in [1.807, 2.05) is 17.0 Å². The van der Waals surface area contributed by atoms with Crippen LogP contribution < -0.4 is 4.90 Å². The highest BCUT2D eigenvalue weighted by Crippen LogP contribution is 2.22.